The molecule has 7 nitrogen and oxygen atoms in total. The van der Waals surface area contributed by atoms with Gasteiger partial charge in [-0.3, -0.25) is 14.4 Å². The van der Waals surface area contributed by atoms with E-state index in [0.717, 1.165) is 17.7 Å². The van der Waals surface area contributed by atoms with Crippen LogP contribution in [0.25, 0.3) is 0 Å². The number of hydrogen-bond donors (Lipinski definition) is 3. The minimum absolute atomic E-state index is 0.157. The van der Waals surface area contributed by atoms with E-state index in [9.17, 15) is 23.2 Å². The first-order valence-corrected chi connectivity index (χ1v) is 11.7. The summed E-state index contributed by atoms with van der Waals surface area (Å²) in [6.07, 6.45) is 0.422. The monoisotopic (exact) mass is 506 g/mol. The highest BCUT2D eigenvalue weighted by atomic mass is 35.5. The molecule has 3 N–H and O–H groups in total. The Morgan fingerprint density at radius 2 is 1.74 bits per heavy atom. The van der Waals surface area contributed by atoms with Crippen LogP contribution in [-0.4, -0.2) is 48.3 Å². The lowest BCUT2D eigenvalue weighted by atomic mass is 9.90. The van der Waals surface area contributed by atoms with E-state index in [0.29, 0.717) is 17.0 Å². The van der Waals surface area contributed by atoms with Crippen LogP contribution < -0.4 is 16.0 Å². The van der Waals surface area contributed by atoms with Crippen LogP contribution in [0.4, 0.5) is 14.5 Å². The highest BCUT2D eigenvalue weighted by Crippen LogP contribution is 2.34. The number of rotatable bonds is 7. The summed E-state index contributed by atoms with van der Waals surface area (Å²) in [5, 5.41) is 8.37. The summed E-state index contributed by atoms with van der Waals surface area (Å²) in [7, 11) is 1.63. The van der Waals surface area contributed by atoms with Gasteiger partial charge in [0.1, 0.15) is 29.4 Å². The van der Waals surface area contributed by atoms with Crippen LogP contribution in [0.1, 0.15) is 37.9 Å². The predicted molar refractivity (Wildman–Crippen MR) is 130 cm³/mol. The second-order valence-corrected chi connectivity index (χ2v) is 9.29. The predicted octanol–water partition coefficient (Wildman–Crippen LogP) is 3.43. The van der Waals surface area contributed by atoms with Crippen LogP contribution in [-0.2, 0) is 20.8 Å². The second-order valence-electron chi connectivity index (χ2n) is 8.85. The summed E-state index contributed by atoms with van der Waals surface area (Å²) >= 11 is 6.13. The van der Waals surface area contributed by atoms with Gasteiger partial charge >= 0.3 is 0 Å². The Morgan fingerprint density at radius 3 is 2.34 bits per heavy atom. The zero-order chi connectivity index (χ0) is 25.9. The SMILES string of the molecule is CNC(C)C(=O)NC(C(=O)N1CCc2cc(Cl)ccc2C1C(=O)Nc1c(F)cccc1F)C(C)C. The number of amides is 3. The van der Waals surface area contributed by atoms with Crippen LogP contribution in [0.15, 0.2) is 36.4 Å². The molecular formula is C25H29ClF2N4O3. The average Bonchev–Trinajstić information content (AvgIpc) is 2.82. The van der Waals surface area contributed by atoms with E-state index in [1.807, 2.05) is 0 Å². The van der Waals surface area contributed by atoms with Crippen molar-refractivity contribution in [3.8, 4) is 0 Å². The van der Waals surface area contributed by atoms with E-state index in [1.165, 1.54) is 11.0 Å². The Kier molecular flexibility index (Phi) is 8.45. The van der Waals surface area contributed by atoms with Gasteiger partial charge in [-0.05, 0) is 61.7 Å². The first-order valence-electron chi connectivity index (χ1n) is 11.4. The number of fused-ring (bicyclic) bond motifs is 1. The molecule has 2 aromatic rings. The molecule has 0 bridgehead atoms. The third-order valence-corrected chi connectivity index (χ3v) is 6.37. The summed E-state index contributed by atoms with van der Waals surface area (Å²) in [5.74, 6) is -3.75. The number of hydrogen-bond acceptors (Lipinski definition) is 4. The van der Waals surface area contributed by atoms with Gasteiger partial charge in [-0.15, -0.1) is 0 Å². The summed E-state index contributed by atoms with van der Waals surface area (Å²) in [6, 6.07) is 5.56. The van der Waals surface area contributed by atoms with Gasteiger partial charge in [-0.1, -0.05) is 37.6 Å². The zero-order valence-electron chi connectivity index (χ0n) is 20.0. The van der Waals surface area contributed by atoms with Crippen LogP contribution in [0.2, 0.25) is 5.02 Å². The quantitative estimate of drug-likeness (QED) is 0.536. The summed E-state index contributed by atoms with van der Waals surface area (Å²) < 4.78 is 28.5. The number of carbonyl (C=O) groups excluding carboxylic acids is 3. The van der Waals surface area contributed by atoms with E-state index in [1.54, 1.807) is 46.0 Å². The van der Waals surface area contributed by atoms with E-state index in [2.05, 4.69) is 16.0 Å². The minimum atomic E-state index is -1.18. The number of anilines is 1. The Bertz CT molecular complexity index is 1110. The van der Waals surface area contributed by atoms with Gasteiger partial charge in [0.25, 0.3) is 5.91 Å². The molecular weight excluding hydrogens is 478 g/mol. The number of nitrogens with zero attached hydrogens (tertiary/aromatic N) is 1. The summed E-state index contributed by atoms with van der Waals surface area (Å²) in [4.78, 5) is 41.0. The average molecular weight is 507 g/mol. The normalized spacial score (nSPS) is 16.9. The van der Waals surface area contributed by atoms with Gasteiger partial charge in [0.15, 0.2) is 0 Å². The maximum Gasteiger partial charge on any atom is 0.251 e. The molecule has 1 aliphatic rings. The van der Waals surface area contributed by atoms with Crippen molar-refractivity contribution in [2.45, 2.75) is 45.3 Å². The minimum Gasteiger partial charge on any atom is -0.343 e. The molecule has 0 aliphatic carbocycles. The Labute approximate surface area is 208 Å². The molecule has 35 heavy (non-hydrogen) atoms. The van der Waals surface area contributed by atoms with E-state index >= 15 is 0 Å². The van der Waals surface area contributed by atoms with Crippen molar-refractivity contribution in [1.82, 2.24) is 15.5 Å². The van der Waals surface area contributed by atoms with Gasteiger partial charge in [0.2, 0.25) is 11.8 Å². The fraction of sp³-hybridized carbons (Fsp3) is 0.400. The molecule has 1 aliphatic heterocycles. The van der Waals surface area contributed by atoms with Crippen molar-refractivity contribution in [3.05, 3.63) is 64.2 Å². The second kappa shape index (κ2) is 11.1. The maximum absolute atomic E-state index is 14.3. The molecule has 3 rings (SSSR count). The van der Waals surface area contributed by atoms with Gasteiger partial charge in [0.05, 0.1) is 6.04 Å². The van der Waals surface area contributed by atoms with Crippen molar-refractivity contribution in [3.63, 3.8) is 0 Å². The highest BCUT2D eigenvalue weighted by molar-refractivity contribution is 6.30. The molecule has 2 aromatic carbocycles. The van der Waals surface area contributed by atoms with E-state index in [4.69, 9.17) is 11.6 Å². The number of halogens is 3. The van der Waals surface area contributed by atoms with E-state index < -0.39 is 47.3 Å². The third-order valence-electron chi connectivity index (χ3n) is 6.13. The van der Waals surface area contributed by atoms with Crippen molar-refractivity contribution in [1.29, 1.82) is 0 Å². The van der Waals surface area contributed by atoms with Crippen molar-refractivity contribution >= 4 is 35.0 Å². The lowest BCUT2D eigenvalue weighted by molar-refractivity contribution is -0.144. The number of carbonyl (C=O) groups is 3. The summed E-state index contributed by atoms with van der Waals surface area (Å²) in [5.41, 5.74) is 0.660. The Balaban J connectivity index is 2.00. The maximum atomic E-state index is 14.3. The molecule has 0 aromatic heterocycles. The molecule has 3 unspecified atom stereocenters. The van der Waals surface area contributed by atoms with Crippen molar-refractivity contribution in [2.75, 3.05) is 18.9 Å². The third kappa shape index (κ3) is 5.79. The largest absolute Gasteiger partial charge is 0.343 e. The molecule has 188 valence electrons. The lowest BCUT2D eigenvalue weighted by Crippen LogP contribution is -2.57. The van der Waals surface area contributed by atoms with E-state index in [-0.39, 0.29) is 18.4 Å². The standard InChI is InChI=1S/C25H29ClF2N4O3/c1-13(2)20(30-23(33)14(3)29-4)25(35)32-11-10-15-12-16(26)8-9-17(15)22(32)24(34)31-21-18(27)6-5-7-19(21)28/h5-9,12-14,20,22,29H,10-11H2,1-4H3,(H,30,33)(H,31,34). The van der Waals surface area contributed by atoms with Crippen LogP contribution in [0.3, 0.4) is 0 Å². The molecule has 3 atom stereocenters. The van der Waals surface area contributed by atoms with Crippen LogP contribution >= 0.6 is 11.6 Å². The van der Waals surface area contributed by atoms with Crippen LogP contribution in [0, 0.1) is 17.6 Å². The molecule has 0 saturated heterocycles. The molecule has 3 amide bonds. The molecule has 0 fully saturated rings. The topological polar surface area (TPSA) is 90.5 Å². The fourth-order valence-corrected chi connectivity index (χ4v) is 4.22. The van der Waals surface area contributed by atoms with Crippen molar-refractivity contribution < 1.29 is 23.2 Å². The van der Waals surface area contributed by atoms with Gasteiger partial charge in [-0.25, -0.2) is 8.78 Å². The number of nitrogens with one attached hydrogen (secondary N) is 3. The van der Waals surface area contributed by atoms with Gasteiger partial charge < -0.3 is 20.9 Å². The van der Waals surface area contributed by atoms with Crippen LogP contribution in [0.5, 0.6) is 0 Å². The number of likely N-dealkylation sites (N-methyl/N-ethyl adjacent to an activating group) is 1. The van der Waals surface area contributed by atoms with Crippen molar-refractivity contribution in [2.24, 2.45) is 5.92 Å². The molecule has 0 saturated carbocycles. The molecule has 1 heterocycles. The zero-order valence-corrected chi connectivity index (χ0v) is 20.7. The lowest BCUT2D eigenvalue weighted by Gasteiger charge is -2.39. The van der Waals surface area contributed by atoms with Gasteiger partial charge in [-0.2, -0.15) is 0 Å². The Morgan fingerprint density at radius 1 is 1.09 bits per heavy atom. The van der Waals surface area contributed by atoms with Gasteiger partial charge in [0, 0.05) is 11.6 Å². The molecule has 10 heteroatoms. The molecule has 0 radical (unpaired) electrons. The highest BCUT2D eigenvalue weighted by Gasteiger charge is 2.40. The smallest absolute Gasteiger partial charge is 0.251 e. The number of benzene rings is 2. The summed E-state index contributed by atoms with van der Waals surface area (Å²) in [6.45, 7) is 5.39. The number of para-hydroxylation sites is 1. The first kappa shape index (κ1) is 26.6. The Hall–Kier alpha value is -3.04. The fourth-order valence-electron chi connectivity index (χ4n) is 4.03. The first-order chi connectivity index (χ1) is 16.5. The molecule has 0 spiro atoms.